The minimum atomic E-state index is -0.447. The number of ether oxygens (including phenoxy) is 1. The number of rotatable bonds is 3. The molecule has 0 spiro atoms. The van der Waals surface area contributed by atoms with Gasteiger partial charge in [0.1, 0.15) is 0 Å². The minimum Gasteiger partial charge on any atom is -0.436 e. The highest BCUT2D eigenvalue weighted by Crippen LogP contribution is 2.26. The second-order valence-electron chi connectivity index (χ2n) is 3.31. The number of alkyl halides is 1. The summed E-state index contributed by atoms with van der Waals surface area (Å²) in [5.41, 5.74) is 0.870. The van der Waals surface area contributed by atoms with Crippen molar-refractivity contribution in [2.45, 2.75) is 5.88 Å². The molecular weight excluding hydrogens is 308 g/mol. The van der Waals surface area contributed by atoms with Gasteiger partial charge in [-0.05, 0) is 29.8 Å². The predicted molar refractivity (Wildman–Crippen MR) is 68.0 cm³/mol. The van der Waals surface area contributed by atoms with Crippen LogP contribution in [-0.4, -0.2) is 4.98 Å². The van der Waals surface area contributed by atoms with E-state index in [2.05, 4.69) is 20.9 Å². The first kappa shape index (κ1) is 12.3. The van der Waals surface area contributed by atoms with Crippen LogP contribution in [0.15, 0.2) is 41.0 Å². The quantitative estimate of drug-likeness (QED) is 0.777. The lowest BCUT2D eigenvalue weighted by atomic mass is 10.3. The molecule has 0 aliphatic carbocycles. The zero-order chi connectivity index (χ0) is 12.3. The molecule has 17 heavy (non-hydrogen) atoms. The van der Waals surface area contributed by atoms with E-state index in [9.17, 15) is 4.39 Å². The molecule has 0 atom stereocenters. The standard InChI is InChI=1S/C12H8BrClFNO/c13-9-1-2-11(10(15)6-9)17-12-5-8(7-14)3-4-16-12/h1-6H,7H2. The summed E-state index contributed by atoms with van der Waals surface area (Å²) in [5.74, 6) is 0.371. The maximum Gasteiger partial charge on any atom is 0.219 e. The Morgan fingerprint density at radius 3 is 2.82 bits per heavy atom. The third-order valence-electron chi connectivity index (χ3n) is 2.06. The van der Waals surface area contributed by atoms with Gasteiger partial charge >= 0.3 is 0 Å². The fraction of sp³-hybridized carbons (Fsp3) is 0.0833. The molecular formula is C12H8BrClFNO. The normalized spacial score (nSPS) is 10.3. The maximum atomic E-state index is 13.5. The molecule has 0 aliphatic rings. The first-order chi connectivity index (χ1) is 8.19. The van der Waals surface area contributed by atoms with Crippen LogP contribution in [0.1, 0.15) is 5.56 Å². The van der Waals surface area contributed by atoms with Gasteiger partial charge in [-0.15, -0.1) is 11.6 Å². The molecule has 0 fully saturated rings. The number of hydrogen-bond donors (Lipinski definition) is 0. The molecule has 0 saturated heterocycles. The van der Waals surface area contributed by atoms with E-state index >= 15 is 0 Å². The third kappa shape index (κ3) is 3.17. The van der Waals surface area contributed by atoms with Gasteiger partial charge in [0, 0.05) is 22.6 Å². The van der Waals surface area contributed by atoms with E-state index in [-0.39, 0.29) is 5.75 Å². The molecule has 88 valence electrons. The number of pyridine rings is 1. The molecule has 1 aromatic carbocycles. The van der Waals surface area contributed by atoms with E-state index < -0.39 is 5.82 Å². The Morgan fingerprint density at radius 1 is 1.29 bits per heavy atom. The Kier molecular flexibility index (Phi) is 3.97. The van der Waals surface area contributed by atoms with E-state index in [0.717, 1.165) is 5.56 Å². The summed E-state index contributed by atoms with van der Waals surface area (Å²) in [4.78, 5) is 3.99. The topological polar surface area (TPSA) is 22.1 Å². The molecule has 2 rings (SSSR count). The third-order valence-corrected chi connectivity index (χ3v) is 2.86. The van der Waals surface area contributed by atoms with E-state index in [4.69, 9.17) is 16.3 Å². The van der Waals surface area contributed by atoms with Crippen molar-refractivity contribution in [2.24, 2.45) is 0 Å². The average Bonchev–Trinajstić information content (AvgIpc) is 2.33. The van der Waals surface area contributed by atoms with Crippen molar-refractivity contribution in [1.29, 1.82) is 0 Å². The number of halogens is 3. The first-order valence-corrected chi connectivity index (χ1v) is 6.15. The zero-order valence-corrected chi connectivity index (χ0v) is 11.0. The van der Waals surface area contributed by atoms with Crippen molar-refractivity contribution in [3.05, 3.63) is 52.4 Å². The van der Waals surface area contributed by atoms with Gasteiger partial charge in [0.15, 0.2) is 11.6 Å². The highest BCUT2D eigenvalue weighted by molar-refractivity contribution is 9.10. The smallest absolute Gasteiger partial charge is 0.219 e. The van der Waals surface area contributed by atoms with Crippen molar-refractivity contribution in [3.63, 3.8) is 0 Å². The molecule has 0 aliphatic heterocycles. The Morgan fingerprint density at radius 2 is 2.12 bits per heavy atom. The van der Waals surface area contributed by atoms with Crippen LogP contribution < -0.4 is 4.74 Å². The van der Waals surface area contributed by atoms with Crippen LogP contribution in [0.4, 0.5) is 4.39 Å². The van der Waals surface area contributed by atoms with Crippen molar-refractivity contribution >= 4 is 27.5 Å². The van der Waals surface area contributed by atoms with Gasteiger partial charge in [-0.2, -0.15) is 0 Å². The summed E-state index contributed by atoms with van der Waals surface area (Å²) < 4.78 is 19.5. The van der Waals surface area contributed by atoms with Crippen LogP contribution in [-0.2, 0) is 5.88 Å². The van der Waals surface area contributed by atoms with Crippen LogP contribution in [0.3, 0.4) is 0 Å². The van der Waals surface area contributed by atoms with Crippen molar-refractivity contribution in [2.75, 3.05) is 0 Å². The summed E-state index contributed by atoms with van der Waals surface area (Å²) in [6.45, 7) is 0. The van der Waals surface area contributed by atoms with Gasteiger partial charge in [0.25, 0.3) is 0 Å². The van der Waals surface area contributed by atoms with E-state index in [1.165, 1.54) is 12.1 Å². The van der Waals surface area contributed by atoms with Gasteiger partial charge < -0.3 is 4.74 Å². The summed E-state index contributed by atoms with van der Waals surface area (Å²) >= 11 is 8.87. The maximum absolute atomic E-state index is 13.5. The number of nitrogens with zero attached hydrogens (tertiary/aromatic N) is 1. The van der Waals surface area contributed by atoms with Crippen molar-refractivity contribution in [1.82, 2.24) is 4.98 Å². The molecule has 0 radical (unpaired) electrons. The minimum absolute atomic E-state index is 0.132. The SMILES string of the molecule is Fc1cc(Br)ccc1Oc1cc(CCl)ccn1. The molecule has 0 unspecified atom stereocenters. The molecule has 5 heteroatoms. The molecule has 1 heterocycles. The van der Waals surface area contributed by atoms with E-state index in [1.807, 2.05) is 0 Å². The molecule has 2 nitrogen and oxygen atoms in total. The number of benzene rings is 1. The Hall–Kier alpha value is -1.13. The molecule has 0 N–H and O–H groups in total. The van der Waals surface area contributed by atoms with Crippen LogP contribution >= 0.6 is 27.5 Å². The molecule has 0 amide bonds. The van der Waals surface area contributed by atoms with Crippen molar-refractivity contribution < 1.29 is 9.13 Å². The fourth-order valence-corrected chi connectivity index (χ4v) is 1.76. The Balaban J connectivity index is 2.25. The Bertz CT molecular complexity index is 536. The lowest BCUT2D eigenvalue weighted by Gasteiger charge is -2.06. The largest absolute Gasteiger partial charge is 0.436 e. The molecule has 0 saturated carbocycles. The first-order valence-electron chi connectivity index (χ1n) is 4.83. The van der Waals surface area contributed by atoms with Crippen LogP contribution in [0, 0.1) is 5.82 Å². The molecule has 1 aromatic heterocycles. The molecule has 2 aromatic rings. The second-order valence-corrected chi connectivity index (χ2v) is 4.50. The van der Waals surface area contributed by atoms with Crippen molar-refractivity contribution in [3.8, 4) is 11.6 Å². The lowest BCUT2D eigenvalue weighted by molar-refractivity contribution is 0.427. The number of hydrogen-bond acceptors (Lipinski definition) is 2. The monoisotopic (exact) mass is 315 g/mol. The summed E-state index contributed by atoms with van der Waals surface area (Å²) in [6, 6.07) is 8.02. The van der Waals surface area contributed by atoms with E-state index in [0.29, 0.717) is 16.2 Å². The average molecular weight is 317 g/mol. The van der Waals surface area contributed by atoms with Crippen LogP contribution in [0.2, 0.25) is 0 Å². The van der Waals surface area contributed by atoms with Gasteiger partial charge in [-0.3, -0.25) is 0 Å². The highest BCUT2D eigenvalue weighted by atomic mass is 79.9. The summed E-state index contributed by atoms with van der Waals surface area (Å²) in [6.07, 6.45) is 1.57. The van der Waals surface area contributed by atoms with Crippen LogP contribution in [0.25, 0.3) is 0 Å². The Labute approximate surface area is 112 Å². The zero-order valence-electron chi connectivity index (χ0n) is 8.66. The number of aromatic nitrogens is 1. The van der Waals surface area contributed by atoms with Gasteiger partial charge in [-0.25, -0.2) is 9.37 Å². The molecule has 0 bridgehead atoms. The predicted octanol–water partition coefficient (Wildman–Crippen LogP) is 4.51. The summed E-state index contributed by atoms with van der Waals surface area (Å²) in [5, 5.41) is 0. The highest BCUT2D eigenvalue weighted by Gasteiger charge is 2.06. The fourth-order valence-electron chi connectivity index (χ4n) is 1.26. The van der Waals surface area contributed by atoms with Gasteiger partial charge in [-0.1, -0.05) is 15.9 Å². The second kappa shape index (κ2) is 5.47. The van der Waals surface area contributed by atoms with Gasteiger partial charge in [0.05, 0.1) is 0 Å². The lowest BCUT2D eigenvalue weighted by Crippen LogP contribution is -1.91. The van der Waals surface area contributed by atoms with Gasteiger partial charge in [0.2, 0.25) is 5.88 Å². The van der Waals surface area contributed by atoms with Crippen LogP contribution in [0.5, 0.6) is 11.6 Å². The van der Waals surface area contributed by atoms with E-state index in [1.54, 1.807) is 24.4 Å². The summed E-state index contributed by atoms with van der Waals surface area (Å²) in [7, 11) is 0.